The minimum Gasteiger partial charge on any atom is -0.343 e. The van der Waals surface area contributed by atoms with E-state index in [1.54, 1.807) is 12.1 Å². The third-order valence-corrected chi connectivity index (χ3v) is 3.94. The highest BCUT2D eigenvalue weighted by atomic mass is 79.9. The van der Waals surface area contributed by atoms with Crippen molar-refractivity contribution in [2.24, 2.45) is 0 Å². The molecule has 0 atom stereocenters. The van der Waals surface area contributed by atoms with Crippen molar-refractivity contribution in [2.75, 3.05) is 0 Å². The van der Waals surface area contributed by atoms with Crippen LogP contribution in [0.25, 0.3) is 10.9 Å². The van der Waals surface area contributed by atoms with E-state index in [4.69, 9.17) is 11.6 Å². The molecular formula is C15H10BrClFN. The van der Waals surface area contributed by atoms with Crippen molar-refractivity contribution in [2.45, 2.75) is 6.54 Å². The molecule has 2 aromatic carbocycles. The smallest absolute Gasteiger partial charge is 0.125 e. The molecule has 1 heterocycles. The van der Waals surface area contributed by atoms with Gasteiger partial charge in [-0.25, -0.2) is 4.39 Å². The summed E-state index contributed by atoms with van der Waals surface area (Å²) in [6, 6.07) is 12.6. The molecule has 0 unspecified atom stereocenters. The number of fused-ring (bicyclic) bond motifs is 1. The molecule has 0 saturated heterocycles. The minimum atomic E-state index is -0.227. The van der Waals surface area contributed by atoms with Gasteiger partial charge in [-0.2, -0.15) is 0 Å². The number of rotatable bonds is 2. The Balaban J connectivity index is 2.03. The Hall–Kier alpha value is -1.32. The predicted molar refractivity (Wildman–Crippen MR) is 80.2 cm³/mol. The molecule has 0 spiro atoms. The van der Waals surface area contributed by atoms with Gasteiger partial charge in [0.1, 0.15) is 5.82 Å². The third kappa shape index (κ3) is 2.53. The van der Waals surface area contributed by atoms with Crippen molar-refractivity contribution in [3.05, 3.63) is 69.5 Å². The van der Waals surface area contributed by atoms with Crippen LogP contribution >= 0.6 is 27.5 Å². The zero-order valence-electron chi connectivity index (χ0n) is 9.91. The minimum absolute atomic E-state index is 0.227. The summed E-state index contributed by atoms with van der Waals surface area (Å²) in [5, 5.41) is 1.72. The van der Waals surface area contributed by atoms with Crippen molar-refractivity contribution in [1.29, 1.82) is 0 Å². The van der Waals surface area contributed by atoms with E-state index in [9.17, 15) is 4.39 Å². The highest BCUT2D eigenvalue weighted by molar-refractivity contribution is 9.10. The molecule has 0 fully saturated rings. The monoisotopic (exact) mass is 337 g/mol. The van der Waals surface area contributed by atoms with E-state index in [0.717, 1.165) is 20.9 Å². The van der Waals surface area contributed by atoms with Gasteiger partial charge >= 0.3 is 0 Å². The lowest BCUT2D eigenvalue weighted by Crippen LogP contribution is -1.98. The Bertz CT molecular complexity index is 751. The highest BCUT2D eigenvalue weighted by Gasteiger charge is 2.06. The largest absolute Gasteiger partial charge is 0.343 e. The first-order valence-electron chi connectivity index (χ1n) is 5.82. The summed E-state index contributed by atoms with van der Waals surface area (Å²) < 4.78 is 16.3. The fourth-order valence-electron chi connectivity index (χ4n) is 2.13. The van der Waals surface area contributed by atoms with Gasteiger partial charge in [-0.1, -0.05) is 33.6 Å². The lowest BCUT2D eigenvalue weighted by molar-refractivity contribution is 0.628. The van der Waals surface area contributed by atoms with Crippen molar-refractivity contribution in [3.8, 4) is 0 Å². The SMILES string of the molecule is Fc1ccc2ccn(Cc3ccc(Br)cc3Cl)c2c1. The normalized spacial score (nSPS) is 11.1. The second-order valence-corrected chi connectivity index (χ2v) is 5.71. The molecule has 0 N–H and O–H groups in total. The van der Waals surface area contributed by atoms with Gasteiger partial charge in [0.15, 0.2) is 0 Å². The molecule has 0 aliphatic rings. The summed E-state index contributed by atoms with van der Waals surface area (Å²) in [5.41, 5.74) is 1.88. The quantitative estimate of drug-likeness (QED) is 0.602. The summed E-state index contributed by atoms with van der Waals surface area (Å²) in [4.78, 5) is 0. The Morgan fingerprint density at radius 1 is 1.11 bits per heavy atom. The number of hydrogen-bond acceptors (Lipinski definition) is 0. The summed E-state index contributed by atoms with van der Waals surface area (Å²) in [6.45, 7) is 0.624. The molecule has 0 radical (unpaired) electrons. The van der Waals surface area contributed by atoms with E-state index in [1.807, 2.05) is 35.0 Å². The highest BCUT2D eigenvalue weighted by Crippen LogP contribution is 2.24. The first-order valence-corrected chi connectivity index (χ1v) is 6.99. The zero-order chi connectivity index (χ0) is 13.4. The van der Waals surface area contributed by atoms with Crippen LogP contribution in [0.1, 0.15) is 5.56 Å². The van der Waals surface area contributed by atoms with Crippen LogP contribution in [-0.4, -0.2) is 4.57 Å². The van der Waals surface area contributed by atoms with Crippen molar-refractivity contribution >= 4 is 38.4 Å². The van der Waals surface area contributed by atoms with Crippen LogP contribution in [0.4, 0.5) is 4.39 Å². The van der Waals surface area contributed by atoms with E-state index >= 15 is 0 Å². The summed E-state index contributed by atoms with van der Waals surface area (Å²) in [6.07, 6.45) is 1.95. The van der Waals surface area contributed by atoms with Gasteiger partial charge in [0.05, 0.1) is 5.52 Å². The van der Waals surface area contributed by atoms with E-state index in [1.165, 1.54) is 6.07 Å². The summed E-state index contributed by atoms with van der Waals surface area (Å²) in [5.74, 6) is -0.227. The maximum absolute atomic E-state index is 13.3. The zero-order valence-corrected chi connectivity index (χ0v) is 12.2. The van der Waals surface area contributed by atoms with Gasteiger partial charge in [0, 0.05) is 22.2 Å². The van der Waals surface area contributed by atoms with Crippen LogP contribution in [-0.2, 0) is 6.54 Å². The second kappa shape index (κ2) is 4.99. The standard InChI is InChI=1S/C15H10BrClFN/c16-12-3-1-11(14(17)7-12)9-19-6-5-10-2-4-13(18)8-15(10)19/h1-8H,9H2. The Kier molecular flexibility index (Phi) is 3.33. The summed E-state index contributed by atoms with van der Waals surface area (Å²) in [7, 11) is 0. The van der Waals surface area contributed by atoms with E-state index < -0.39 is 0 Å². The maximum Gasteiger partial charge on any atom is 0.125 e. The Labute approximate surface area is 123 Å². The lowest BCUT2D eigenvalue weighted by Gasteiger charge is -2.08. The van der Waals surface area contributed by atoms with E-state index in [-0.39, 0.29) is 5.82 Å². The first kappa shape index (κ1) is 12.7. The lowest BCUT2D eigenvalue weighted by atomic mass is 10.2. The van der Waals surface area contributed by atoms with Crippen LogP contribution in [0.15, 0.2) is 53.1 Å². The van der Waals surface area contributed by atoms with Gasteiger partial charge < -0.3 is 4.57 Å². The molecule has 96 valence electrons. The van der Waals surface area contributed by atoms with Gasteiger partial charge in [0.25, 0.3) is 0 Å². The average Bonchev–Trinajstić information content (AvgIpc) is 2.75. The molecule has 0 aliphatic carbocycles. The number of nitrogens with zero attached hydrogens (tertiary/aromatic N) is 1. The van der Waals surface area contributed by atoms with Crippen LogP contribution < -0.4 is 0 Å². The maximum atomic E-state index is 13.3. The molecule has 4 heteroatoms. The third-order valence-electron chi connectivity index (χ3n) is 3.09. The fourth-order valence-corrected chi connectivity index (χ4v) is 2.86. The van der Waals surface area contributed by atoms with Crippen LogP contribution in [0.2, 0.25) is 5.02 Å². The van der Waals surface area contributed by atoms with E-state index in [0.29, 0.717) is 11.6 Å². The Morgan fingerprint density at radius 2 is 1.95 bits per heavy atom. The van der Waals surface area contributed by atoms with Gasteiger partial charge in [-0.05, 0) is 47.3 Å². The molecule has 1 nitrogen and oxygen atoms in total. The molecule has 0 saturated carbocycles. The molecule has 0 bridgehead atoms. The van der Waals surface area contributed by atoms with Crippen LogP contribution in [0.3, 0.4) is 0 Å². The van der Waals surface area contributed by atoms with Crippen molar-refractivity contribution in [3.63, 3.8) is 0 Å². The first-order chi connectivity index (χ1) is 9.13. The molecule has 3 aromatic rings. The molecular weight excluding hydrogens is 329 g/mol. The molecule has 19 heavy (non-hydrogen) atoms. The number of hydrogen-bond donors (Lipinski definition) is 0. The molecule has 0 aliphatic heterocycles. The number of halogens is 3. The average molecular weight is 339 g/mol. The Morgan fingerprint density at radius 3 is 2.74 bits per heavy atom. The van der Waals surface area contributed by atoms with Crippen LogP contribution in [0, 0.1) is 5.82 Å². The topological polar surface area (TPSA) is 4.93 Å². The molecule has 0 amide bonds. The molecule has 3 rings (SSSR count). The van der Waals surface area contributed by atoms with Gasteiger partial charge in [-0.15, -0.1) is 0 Å². The van der Waals surface area contributed by atoms with Crippen molar-refractivity contribution in [1.82, 2.24) is 4.57 Å². The predicted octanol–water partition coefficient (Wildman–Crippen LogP) is 5.24. The van der Waals surface area contributed by atoms with Gasteiger partial charge in [-0.3, -0.25) is 0 Å². The number of benzene rings is 2. The van der Waals surface area contributed by atoms with Crippen molar-refractivity contribution < 1.29 is 4.39 Å². The second-order valence-electron chi connectivity index (χ2n) is 4.38. The molecule has 1 aromatic heterocycles. The summed E-state index contributed by atoms with van der Waals surface area (Å²) >= 11 is 9.59. The van der Waals surface area contributed by atoms with E-state index in [2.05, 4.69) is 15.9 Å². The fraction of sp³-hybridized carbons (Fsp3) is 0.0667. The van der Waals surface area contributed by atoms with Crippen LogP contribution in [0.5, 0.6) is 0 Å². The number of aromatic nitrogens is 1. The van der Waals surface area contributed by atoms with Gasteiger partial charge in [0.2, 0.25) is 0 Å².